The van der Waals surface area contributed by atoms with Crippen LogP contribution in [0.4, 0.5) is 8.78 Å². The maximum atomic E-state index is 12.9. The van der Waals surface area contributed by atoms with Crippen molar-refractivity contribution in [3.05, 3.63) is 35.4 Å². The van der Waals surface area contributed by atoms with Gasteiger partial charge in [-0.1, -0.05) is 6.07 Å². The third-order valence-corrected chi connectivity index (χ3v) is 2.28. The lowest BCUT2D eigenvalue weighted by Crippen LogP contribution is -2.35. The Morgan fingerprint density at radius 3 is 2.50 bits per heavy atom. The zero-order valence-corrected chi connectivity index (χ0v) is 9.93. The number of hydrogen-bond donors (Lipinski definition) is 1. The Kier molecular flexibility index (Phi) is 4.83. The second kappa shape index (κ2) is 5.92. The van der Waals surface area contributed by atoms with Gasteiger partial charge in [0.2, 0.25) is 0 Å². The molecule has 16 heavy (non-hydrogen) atoms. The maximum absolute atomic E-state index is 12.9. The molecule has 0 bridgehead atoms. The average Bonchev–Trinajstić information content (AvgIpc) is 2.19. The highest BCUT2D eigenvalue weighted by Crippen LogP contribution is 2.08. The average molecular weight is 228 g/mol. The van der Waals surface area contributed by atoms with E-state index >= 15 is 0 Å². The summed E-state index contributed by atoms with van der Waals surface area (Å²) in [5.41, 5.74) is 0.754. The Morgan fingerprint density at radius 1 is 1.25 bits per heavy atom. The summed E-state index contributed by atoms with van der Waals surface area (Å²) >= 11 is 0. The Hall–Kier alpha value is -1.00. The second-order valence-corrected chi connectivity index (χ2v) is 4.29. The Bertz CT molecular complexity index is 340. The largest absolute Gasteiger partial charge is 0.309 e. The van der Waals surface area contributed by atoms with Crippen molar-refractivity contribution >= 4 is 0 Å². The first-order valence-electron chi connectivity index (χ1n) is 5.31. The predicted molar refractivity (Wildman–Crippen MR) is 61.2 cm³/mol. The summed E-state index contributed by atoms with van der Waals surface area (Å²) in [7, 11) is 3.99. The Labute approximate surface area is 95.3 Å². The minimum absolute atomic E-state index is 0.308. The second-order valence-electron chi connectivity index (χ2n) is 4.29. The lowest BCUT2D eigenvalue weighted by Gasteiger charge is -2.18. The van der Waals surface area contributed by atoms with Gasteiger partial charge in [-0.2, -0.15) is 0 Å². The van der Waals surface area contributed by atoms with Crippen LogP contribution in [0.25, 0.3) is 0 Å². The topological polar surface area (TPSA) is 15.3 Å². The quantitative estimate of drug-likeness (QED) is 0.829. The first-order valence-corrected chi connectivity index (χ1v) is 5.31. The van der Waals surface area contributed by atoms with E-state index < -0.39 is 11.6 Å². The molecule has 1 unspecified atom stereocenters. The minimum Gasteiger partial charge on any atom is -0.309 e. The molecule has 1 rings (SSSR count). The van der Waals surface area contributed by atoms with Gasteiger partial charge in [-0.3, -0.25) is 0 Å². The van der Waals surface area contributed by atoms with Crippen molar-refractivity contribution in [3.8, 4) is 0 Å². The molecule has 2 nitrogen and oxygen atoms in total. The van der Waals surface area contributed by atoms with Crippen molar-refractivity contribution < 1.29 is 8.78 Å². The number of nitrogens with zero attached hydrogens (tertiary/aromatic N) is 1. The minimum atomic E-state index is -0.801. The van der Waals surface area contributed by atoms with Gasteiger partial charge in [0.1, 0.15) is 0 Å². The molecule has 0 aromatic heterocycles. The summed E-state index contributed by atoms with van der Waals surface area (Å²) in [4.78, 5) is 2.07. The third kappa shape index (κ3) is 4.24. The summed E-state index contributed by atoms with van der Waals surface area (Å²) in [5, 5.41) is 3.25. The fraction of sp³-hybridized carbons (Fsp3) is 0.500. The number of benzene rings is 1. The highest BCUT2D eigenvalue weighted by atomic mass is 19.2. The Morgan fingerprint density at radius 2 is 1.94 bits per heavy atom. The van der Waals surface area contributed by atoms with E-state index in [0.29, 0.717) is 12.6 Å². The van der Waals surface area contributed by atoms with Crippen LogP contribution in [0.3, 0.4) is 0 Å². The van der Waals surface area contributed by atoms with Gasteiger partial charge >= 0.3 is 0 Å². The van der Waals surface area contributed by atoms with Crippen LogP contribution in [0.15, 0.2) is 18.2 Å². The summed E-state index contributed by atoms with van der Waals surface area (Å²) in [6, 6.07) is 4.28. The van der Waals surface area contributed by atoms with E-state index in [9.17, 15) is 8.78 Å². The molecular formula is C12H18F2N2. The molecule has 0 aliphatic heterocycles. The van der Waals surface area contributed by atoms with Gasteiger partial charge < -0.3 is 10.2 Å². The molecule has 0 aliphatic carbocycles. The Balaban J connectivity index is 2.45. The number of hydrogen-bond acceptors (Lipinski definition) is 2. The molecule has 0 aliphatic rings. The third-order valence-electron chi connectivity index (χ3n) is 2.28. The molecule has 0 amide bonds. The van der Waals surface area contributed by atoms with E-state index in [1.165, 1.54) is 6.07 Å². The standard InChI is InChI=1S/C12H18F2N2/c1-9(8-16(2)3)15-7-10-4-5-11(13)12(14)6-10/h4-6,9,15H,7-8H2,1-3H3. The van der Waals surface area contributed by atoms with Gasteiger partial charge in [-0.05, 0) is 38.7 Å². The number of halogens is 2. The molecule has 1 N–H and O–H groups in total. The molecule has 1 atom stereocenters. The van der Waals surface area contributed by atoms with E-state index in [2.05, 4.69) is 17.1 Å². The van der Waals surface area contributed by atoms with E-state index in [-0.39, 0.29) is 0 Å². The van der Waals surface area contributed by atoms with Crippen molar-refractivity contribution in [2.75, 3.05) is 20.6 Å². The number of nitrogens with one attached hydrogen (secondary N) is 1. The fourth-order valence-electron chi connectivity index (χ4n) is 1.55. The van der Waals surface area contributed by atoms with Crippen molar-refractivity contribution in [1.82, 2.24) is 10.2 Å². The van der Waals surface area contributed by atoms with Gasteiger partial charge in [-0.15, -0.1) is 0 Å². The van der Waals surface area contributed by atoms with E-state index in [1.54, 1.807) is 6.07 Å². The van der Waals surface area contributed by atoms with Crippen LogP contribution in [0.2, 0.25) is 0 Å². The number of likely N-dealkylation sites (N-methyl/N-ethyl adjacent to an activating group) is 1. The fourth-order valence-corrected chi connectivity index (χ4v) is 1.55. The molecule has 0 fully saturated rings. The first-order chi connectivity index (χ1) is 7.49. The SMILES string of the molecule is CC(CN(C)C)NCc1ccc(F)c(F)c1. The monoisotopic (exact) mass is 228 g/mol. The molecule has 90 valence electrons. The van der Waals surface area contributed by atoms with Crippen LogP contribution in [-0.2, 0) is 6.54 Å². The van der Waals surface area contributed by atoms with Gasteiger partial charge in [-0.25, -0.2) is 8.78 Å². The molecule has 0 saturated heterocycles. The van der Waals surface area contributed by atoms with Gasteiger partial charge in [0.15, 0.2) is 11.6 Å². The smallest absolute Gasteiger partial charge is 0.159 e. The summed E-state index contributed by atoms with van der Waals surface area (Å²) in [5.74, 6) is -1.59. The summed E-state index contributed by atoms with van der Waals surface area (Å²) in [6.45, 7) is 3.51. The highest BCUT2D eigenvalue weighted by molar-refractivity contribution is 5.17. The lowest BCUT2D eigenvalue weighted by molar-refractivity contribution is 0.349. The van der Waals surface area contributed by atoms with E-state index in [0.717, 1.165) is 18.2 Å². The van der Waals surface area contributed by atoms with E-state index in [4.69, 9.17) is 0 Å². The molecule has 0 radical (unpaired) electrons. The lowest BCUT2D eigenvalue weighted by atomic mass is 10.2. The molecule has 0 saturated carbocycles. The van der Waals surface area contributed by atoms with Gasteiger partial charge in [0.05, 0.1) is 0 Å². The number of rotatable bonds is 5. The van der Waals surface area contributed by atoms with Crippen LogP contribution in [0.1, 0.15) is 12.5 Å². The van der Waals surface area contributed by atoms with Gasteiger partial charge in [0, 0.05) is 19.1 Å². The highest BCUT2D eigenvalue weighted by Gasteiger charge is 2.05. The zero-order chi connectivity index (χ0) is 12.1. The van der Waals surface area contributed by atoms with Crippen molar-refractivity contribution in [2.24, 2.45) is 0 Å². The van der Waals surface area contributed by atoms with Crippen molar-refractivity contribution in [2.45, 2.75) is 19.5 Å². The zero-order valence-electron chi connectivity index (χ0n) is 9.93. The van der Waals surface area contributed by atoms with E-state index in [1.807, 2.05) is 14.1 Å². The maximum Gasteiger partial charge on any atom is 0.159 e. The van der Waals surface area contributed by atoms with Crippen LogP contribution in [0.5, 0.6) is 0 Å². The molecule has 1 aromatic carbocycles. The molecule has 0 spiro atoms. The first kappa shape index (κ1) is 13.1. The normalized spacial score (nSPS) is 13.1. The van der Waals surface area contributed by atoms with Gasteiger partial charge in [0.25, 0.3) is 0 Å². The molecule has 4 heteroatoms. The van der Waals surface area contributed by atoms with Crippen molar-refractivity contribution in [1.29, 1.82) is 0 Å². The van der Waals surface area contributed by atoms with Crippen LogP contribution < -0.4 is 5.32 Å². The molecule has 1 aromatic rings. The molecule has 0 heterocycles. The van der Waals surface area contributed by atoms with Crippen molar-refractivity contribution in [3.63, 3.8) is 0 Å². The van der Waals surface area contributed by atoms with Crippen LogP contribution in [0, 0.1) is 11.6 Å². The van der Waals surface area contributed by atoms with Crippen LogP contribution in [-0.4, -0.2) is 31.6 Å². The van der Waals surface area contributed by atoms with Crippen LogP contribution >= 0.6 is 0 Å². The summed E-state index contributed by atoms with van der Waals surface area (Å²) in [6.07, 6.45) is 0. The molecular weight excluding hydrogens is 210 g/mol. The predicted octanol–water partition coefficient (Wildman–Crippen LogP) is 2.00. The summed E-state index contributed by atoms with van der Waals surface area (Å²) < 4.78 is 25.6.